The van der Waals surface area contributed by atoms with Crippen molar-refractivity contribution in [3.05, 3.63) is 161 Å². The number of nitrogens with zero attached hydrogens (tertiary/aromatic N) is 2. The number of nitrogens with one attached hydrogen (secondary N) is 8. The zero-order chi connectivity index (χ0) is 74.1. The maximum atomic E-state index is 15.1. The highest BCUT2D eigenvalue weighted by atomic mass is 16.5. The van der Waals surface area contributed by atoms with Crippen molar-refractivity contribution in [3.63, 3.8) is 0 Å². The van der Waals surface area contributed by atoms with Gasteiger partial charge in [-0.2, -0.15) is 0 Å². The minimum absolute atomic E-state index is 0.0335. The summed E-state index contributed by atoms with van der Waals surface area (Å²) in [5.41, 5.74) is 4.46. The third-order valence-corrected chi connectivity index (χ3v) is 18.0. The van der Waals surface area contributed by atoms with Gasteiger partial charge in [-0.25, -0.2) is 9.59 Å². The molecule has 0 radical (unpaired) electrons. The largest absolute Gasteiger partial charge is 0.490 e. The Hall–Kier alpha value is -9.93. The molecule has 0 bridgehead atoms. The van der Waals surface area contributed by atoms with Crippen molar-refractivity contribution in [1.82, 2.24) is 52.3 Å². The monoisotopic (exact) mass is 1390 g/mol. The molecule has 1 unspecified atom stereocenters. The molecular formula is C74H95N11O16. The molecule has 2 fully saturated rings. The molecule has 7 rings (SSSR count). The summed E-state index contributed by atoms with van der Waals surface area (Å²) in [4.78, 5) is 152. The fraction of sp³-hybridized carbons (Fsp3) is 0.446. The van der Waals surface area contributed by atoms with Crippen LogP contribution in [0.25, 0.3) is 10.8 Å². The van der Waals surface area contributed by atoms with Gasteiger partial charge in [-0.05, 0) is 109 Å². The van der Waals surface area contributed by atoms with E-state index in [0.717, 1.165) is 15.7 Å². The minimum atomic E-state index is -2.16. The summed E-state index contributed by atoms with van der Waals surface area (Å²) in [7, 11) is 3.19. The lowest BCUT2D eigenvalue weighted by Gasteiger charge is -2.37. The minimum Gasteiger partial charge on any atom is -0.490 e. The van der Waals surface area contributed by atoms with Crippen LogP contribution in [0.2, 0.25) is 0 Å². The van der Waals surface area contributed by atoms with Gasteiger partial charge in [0, 0.05) is 43.8 Å². The first-order chi connectivity index (χ1) is 47.7. The summed E-state index contributed by atoms with van der Waals surface area (Å²) in [5, 5.41) is 55.8. The molecule has 2 aliphatic heterocycles. The molecule has 101 heavy (non-hydrogen) atoms. The lowest BCUT2D eigenvalue weighted by atomic mass is 9.85. The zero-order valence-corrected chi connectivity index (χ0v) is 58.6. The van der Waals surface area contributed by atoms with Crippen LogP contribution in [0.5, 0.6) is 5.75 Å². The Morgan fingerprint density at radius 3 is 1.67 bits per heavy atom. The molecule has 0 aromatic heterocycles. The van der Waals surface area contributed by atoms with Crippen LogP contribution in [0.15, 0.2) is 133 Å². The highest BCUT2D eigenvalue weighted by Crippen LogP contribution is 2.32. The van der Waals surface area contributed by atoms with Crippen molar-refractivity contribution in [1.29, 1.82) is 0 Å². The molecule has 0 aliphatic carbocycles. The summed E-state index contributed by atoms with van der Waals surface area (Å²) in [6.45, 7) is 13.5. The van der Waals surface area contributed by atoms with Gasteiger partial charge in [0.05, 0.1) is 31.3 Å². The van der Waals surface area contributed by atoms with Gasteiger partial charge in [-0.1, -0.05) is 145 Å². The lowest BCUT2D eigenvalue weighted by Crippen LogP contribution is -2.61. The first-order valence-corrected chi connectivity index (χ1v) is 33.5. The average molecular weight is 1390 g/mol. The number of aldehydes is 1. The molecule has 27 nitrogen and oxygen atoms in total. The van der Waals surface area contributed by atoms with E-state index < -0.39 is 142 Å². The standard InChI is InChI=1S/C74H95N11O16/c1-43(76-9)62(87)82-60(72(3,4)5)68(93)84-40-52(78-64(89)50-28-22-45(23-29-50)35-57(71(97)98)81-67(92)59(75)49-19-12-11-13-20-49)38-58(84)66(91)79-55(37-47-24-27-48-18-14-15-21-51(48)34-47)65(90)80-56(70(95)96)36-46-25-30-53(31-26-46)100-32-16-17-33-101-54-39-74(99,42-86)85(41-54)69(94)61(73(6,7)8)83-63(88)44(2)77-10/h11-31,34,42-44,52,54-61,76-77,99H,32-33,35-41,75H2,1-10H3,(H,78,89)(H,79,91)(H,80,90)(H,81,92)(H,82,87)(H,83,88)(H,95,96)(H,97,98)/b17-16+/t43-,44-,52-,54-,55-,56-,57-,58-,59-,60+,61+,74?/m0/s1. The third kappa shape index (κ3) is 21.3. The smallest absolute Gasteiger partial charge is 0.326 e. The van der Waals surface area contributed by atoms with Crippen LogP contribution >= 0.6 is 0 Å². The molecule has 8 amide bonds. The number of aliphatic hydroxyl groups is 1. The first-order valence-electron chi connectivity index (χ1n) is 33.5. The van der Waals surface area contributed by atoms with E-state index in [0.29, 0.717) is 34.3 Å². The van der Waals surface area contributed by atoms with Crippen molar-refractivity contribution in [2.45, 2.75) is 160 Å². The van der Waals surface area contributed by atoms with Crippen LogP contribution in [0, 0.1) is 10.8 Å². The molecule has 0 spiro atoms. The Morgan fingerprint density at radius 2 is 1.12 bits per heavy atom. The number of hydrogen-bond donors (Lipinski definition) is 12. The number of carbonyl (C=O) groups excluding carboxylic acids is 9. The summed E-state index contributed by atoms with van der Waals surface area (Å²) in [6, 6.07) is 22.6. The van der Waals surface area contributed by atoms with Crippen LogP contribution < -0.4 is 53.0 Å². The Bertz CT molecular complexity index is 3800. The number of rotatable bonds is 32. The number of likely N-dealkylation sites (N-methyl/N-ethyl adjacent to an activating group) is 2. The number of benzene rings is 5. The molecule has 13 N–H and O–H groups in total. The topological polar surface area (TPSA) is 396 Å². The van der Waals surface area contributed by atoms with Crippen LogP contribution in [-0.2, 0) is 71.9 Å². The van der Waals surface area contributed by atoms with Gasteiger partial charge < -0.3 is 82.9 Å². The van der Waals surface area contributed by atoms with Gasteiger partial charge >= 0.3 is 11.9 Å². The number of amides is 8. The molecule has 5 aromatic rings. The van der Waals surface area contributed by atoms with Crippen LogP contribution in [-0.4, -0.2) is 197 Å². The van der Waals surface area contributed by atoms with Gasteiger partial charge in [-0.3, -0.25) is 43.2 Å². The van der Waals surface area contributed by atoms with Gasteiger partial charge in [0.2, 0.25) is 41.4 Å². The Morgan fingerprint density at radius 1 is 0.604 bits per heavy atom. The molecule has 2 aliphatic rings. The summed E-state index contributed by atoms with van der Waals surface area (Å²) in [6.07, 6.45) is 2.05. The van der Waals surface area contributed by atoms with Crippen molar-refractivity contribution in [3.8, 4) is 5.75 Å². The molecule has 2 heterocycles. The van der Waals surface area contributed by atoms with Crippen molar-refractivity contribution < 1.29 is 77.5 Å². The molecule has 27 heteroatoms. The lowest BCUT2D eigenvalue weighted by molar-refractivity contribution is -0.162. The van der Waals surface area contributed by atoms with Crippen LogP contribution in [0.1, 0.15) is 107 Å². The third-order valence-electron chi connectivity index (χ3n) is 18.0. The number of aliphatic carboxylic acids is 2. The van der Waals surface area contributed by atoms with E-state index >= 15 is 9.59 Å². The Balaban J connectivity index is 1.03. The zero-order valence-electron chi connectivity index (χ0n) is 58.6. The first kappa shape index (κ1) is 78.4. The van der Waals surface area contributed by atoms with E-state index in [1.54, 1.807) is 142 Å². The molecular weight excluding hydrogens is 1300 g/mol. The van der Waals surface area contributed by atoms with Crippen molar-refractivity contribution in [2.75, 3.05) is 40.4 Å². The number of likely N-dealkylation sites (tertiary alicyclic amines) is 2. The van der Waals surface area contributed by atoms with E-state index in [-0.39, 0.29) is 64.0 Å². The number of fused-ring (bicyclic) bond motifs is 1. The number of ether oxygens (including phenoxy) is 2. The number of carbonyl (C=O) groups is 11. The van der Waals surface area contributed by atoms with Crippen LogP contribution in [0.4, 0.5) is 0 Å². The van der Waals surface area contributed by atoms with Crippen molar-refractivity contribution in [2.24, 2.45) is 16.6 Å². The van der Waals surface area contributed by atoms with Gasteiger partial charge in [0.25, 0.3) is 5.91 Å². The fourth-order valence-electron chi connectivity index (χ4n) is 11.8. The van der Waals surface area contributed by atoms with E-state index in [1.165, 1.54) is 29.2 Å². The Labute approximate surface area is 587 Å². The fourth-order valence-corrected chi connectivity index (χ4v) is 11.8. The second-order valence-corrected chi connectivity index (χ2v) is 27.8. The normalized spacial score (nSPS) is 19.3. The van der Waals surface area contributed by atoms with Crippen molar-refractivity contribution >= 4 is 76.3 Å². The van der Waals surface area contributed by atoms with E-state index in [9.17, 15) is 58.5 Å². The highest BCUT2D eigenvalue weighted by Gasteiger charge is 2.51. The molecule has 5 aromatic carbocycles. The van der Waals surface area contributed by atoms with Gasteiger partial charge in [0.15, 0.2) is 12.0 Å². The summed E-state index contributed by atoms with van der Waals surface area (Å²) < 4.78 is 11.8. The van der Waals surface area contributed by atoms with Gasteiger partial charge in [0.1, 0.15) is 54.6 Å². The quantitative estimate of drug-likeness (QED) is 0.0217. The number of carboxylic acid groups (broad SMARTS) is 2. The number of hydrogen-bond acceptors (Lipinski definition) is 17. The number of nitrogens with two attached hydrogens (primary N) is 1. The van der Waals surface area contributed by atoms with E-state index in [4.69, 9.17) is 15.2 Å². The Kier molecular flexibility index (Phi) is 27.1. The maximum Gasteiger partial charge on any atom is 0.326 e. The summed E-state index contributed by atoms with van der Waals surface area (Å²) >= 11 is 0. The van der Waals surface area contributed by atoms with Crippen LogP contribution in [0.3, 0.4) is 0 Å². The predicted octanol–water partition coefficient (Wildman–Crippen LogP) is 2.61. The molecule has 12 atom stereocenters. The molecule has 2 saturated heterocycles. The second kappa shape index (κ2) is 34.9. The maximum absolute atomic E-state index is 15.1. The number of carboxylic acids is 2. The highest BCUT2D eigenvalue weighted by molar-refractivity contribution is 5.98. The average Bonchev–Trinajstić information content (AvgIpc) is 1.69. The second-order valence-electron chi connectivity index (χ2n) is 27.8. The van der Waals surface area contributed by atoms with Gasteiger partial charge in [-0.15, -0.1) is 0 Å². The molecule has 542 valence electrons. The predicted molar refractivity (Wildman–Crippen MR) is 375 cm³/mol. The van der Waals surface area contributed by atoms with E-state index in [2.05, 4.69) is 42.5 Å². The SMILES string of the molecule is CN[C@@H](C)C(=O)N[C@H](C(=O)N1C[C@@H](NC(=O)c2ccc(C[C@H](NC(=O)[C@@H](N)c3ccccc3)C(=O)O)cc2)C[C@H]1C(=O)N[C@@H](Cc1ccc2ccccc2c1)C(=O)N[C@@H](Cc1ccc(OC/C=C/CO[C@@H]2CN(C(=O)[C@@H](NC(=O)[C@H](C)NC)C(C)(C)C)C(O)(C=O)C2)cc1)C(=O)O)C(C)(C)C. The summed E-state index contributed by atoms with van der Waals surface area (Å²) in [5.74, 6) is -7.48. The van der Waals surface area contributed by atoms with E-state index in [1.807, 2.05) is 36.4 Å². The molecule has 0 saturated carbocycles.